The lowest BCUT2D eigenvalue weighted by molar-refractivity contribution is 1.15. The van der Waals surface area contributed by atoms with Gasteiger partial charge in [0.2, 0.25) is 6.71 Å². The lowest BCUT2D eigenvalue weighted by Crippen LogP contribution is -2.43. The Morgan fingerprint density at radius 3 is 2.42 bits per heavy atom. The van der Waals surface area contributed by atoms with Crippen LogP contribution in [-0.2, 0) is 6.42 Å². The molecule has 0 radical (unpaired) electrons. The first-order valence-corrected chi connectivity index (χ1v) is 8.61. The monoisotopic (exact) mass is 336 g/mol. The zero-order valence-electron chi connectivity index (χ0n) is 13.9. The topological polar surface area (TPSA) is 28.7 Å². The number of halogens is 1. The van der Waals surface area contributed by atoms with Gasteiger partial charge in [-0.15, -0.1) is 0 Å². The van der Waals surface area contributed by atoms with Crippen molar-refractivity contribution in [3.63, 3.8) is 0 Å². The Morgan fingerprint density at radius 2 is 1.83 bits per heavy atom. The minimum Gasteiger partial charge on any atom is -0.351 e. The molecule has 0 unspecified atom stereocenters. The first kappa shape index (κ1) is 18.1. The van der Waals surface area contributed by atoms with Crippen molar-refractivity contribution in [3.05, 3.63) is 90.5 Å². The van der Waals surface area contributed by atoms with Crippen LogP contribution in [0.2, 0.25) is 6.32 Å². The largest absolute Gasteiger partial charge is 0.351 e. The summed E-state index contributed by atoms with van der Waals surface area (Å²) in [4.78, 5) is 6.42. The fourth-order valence-corrected chi connectivity index (χ4v) is 2.83. The number of nitrogens with one attached hydrogen (secondary N) is 1. The molecule has 0 spiro atoms. The minimum absolute atomic E-state index is 0.382. The van der Waals surface area contributed by atoms with E-state index in [1.807, 2.05) is 6.08 Å². The van der Waals surface area contributed by atoms with Gasteiger partial charge < -0.3 is 4.98 Å². The molecule has 24 heavy (non-hydrogen) atoms. The van der Waals surface area contributed by atoms with Crippen LogP contribution in [0, 0.1) is 0 Å². The first-order chi connectivity index (χ1) is 11.9. The molecule has 0 atom stereocenters. The molecule has 3 aromatic rings. The van der Waals surface area contributed by atoms with Gasteiger partial charge in [0.25, 0.3) is 0 Å². The molecule has 2 nitrogen and oxygen atoms in total. The first-order valence-electron chi connectivity index (χ1n) is 8.17. The summed E-state index contributed by atoms with van der Waals surface area (Å²) in [7, 11) is 0. The molecule has 2 aromatic carbocycles. The second-order valence-corrected chi connectivity index (χ2v) is 5.63. The van der Waals surface area contributed by atoms with Crippen LogP contribution in [0.15, 0.2) is 84.9 Å². The van der Waals surface area contributed by atoms with E-state index in [0.717, 1.165) is 12.7 Å². The minimum atomic E-state index is 0.382. The van der Waals surface area contributed by atoms with Crippen LogP contribution < -0.4 is 10.9 Å². The quantitative estimate of drug-likeness (QED) is 0.700. The number of hydrogen-bond donors (Lipinski definition) is 1. The van der Waals surface area contributed by atoms with Crippen molar-refractivity contribution in [3.8, 4) is 0 Å². The Labute approximate surface area is 149 Å². The smallest absolute Gasteiger partial charge is 0.213 e. The van der Waals surface area contributed by atoms with Crippen LogP contribution in [0.25, 0.3) is 0 Å². The molecule has 0 aliphatic carbocycles. The Bertz CT molecular complexity index is 694. The number of H-pyrrole nitrogens is 1. The van der Waals surface area contributed by atoms with Gasteiger partial charge in [0.1, 0.15) is 0 Å². The molecule has 0 bridgehead atoms. The van der Waals surface area contributed by atoms with E-state index in [2.05, 4.69) is 71.5 Å². The highest BCUT2D eigenvalue weighted by molar-refractivity contribution is 6.85. The SMILES string of the molecule is CCc1ccccc1B(CC=CCl)c1ccccc1.c1c[nH]cn1. The second kappa shape index (κ2) is 10.5. The van der Waals surface area contributed by atoms with E-state index in [9.17, 15) is 0 Å². The van der Waals surface area contributed by atoms with Gasteiger partial charge in [-0.2, -0.15) is 0 Å². The average molecular weight is 337 g/mol. The van der Waals surface area contributed by atoms with Gasteiger partial charge >= 0.3 is 0 Å². The van der Waals surface area contributed by atoms with Crippen molar-refractivity contribution in [1.29, 1.82) is 0 Å². The van der Waals surface area contributed by atoms with Crippen molar-refractivity contribution >= 4 is 29.2 Å². The Balaban J connectivity index is 0.000000355. The number of aryl methyl sites for hydroxylation is 1. The van der Waals surface area contributed by atoms with Gasteiger partial charge in [-0.05, 0) is 18.3 Å². The van der Waals surface area contributed by atoms with Gasteiger partial charge in [-0.25, -0.2) is 4.98 Å². The highest BCUT2D eigenvalue weighted by Gasteiger charge is 2.19. The van der Waals surface area contributed by atoms with Crippen LogP contribution in [0.3, 0.4) is 0 Å². The number of aromatic nitrogens is 2. The summed E-state index contributed by atoms with van der Waals surface area (Å²) in [5.74, 6) is 0. The number of aromatic amines is 1. The van der Waals surface area contributed by atoms with Gasteiger partial charge in [0.05, 0.1) is 6.33 Å². The third-order valence-electron chi connectivity index (χ3n) is 3.88. The summed E-state index contributed by atoms with van der Waals surface area (Å²) in [5.41, 5.74) is 5.79. The molecule has 1 aromatic heterocycles. The van der Waals surface area contributed by atoms with Crippen LogP contribution in [0.5, 0.6) is 0 Å². The Morgan fingerprint density at radius 1 is 1.08 bits per heavy atom. The summed E-state index contributed by atoms with van der Waals surface area (Å²) < 4.78 is 0. The zero-order chi connectivity index (χ0) is 17.0. The summed E-state index contributed by atoms with van der Waals surface area (Å²) >= 11 is 5.71. The second-order valence-electron chi connectivity index (χ2n) is 5.37. The normalized spacial score (nSPS) is 10.2. The maximum absolute atomic E-state index is 5.71. The van der Waals surface area contributed by atoms with Crippen molar-refractivity contribution in [2.75, 3.05) is 0 Å². The Hall–Kier alpha value is -2.26. The van der Waals surface area contributed by atoms with Crippen LogP contribution in [-0.4, -0.2) is 16.7 Å². The number of imidazole rings is 1. The maximum atomic E-state index is 5.71. The third kappa shape index (κ3) is 5.43. The van der Waals surface area contributed by atoms with Gasteiger partial charge in [-0.1, -0.05) is 95.7 Å². The number of benzene rings is 2. The molecule has 0 aliphatic rings. The lowest BCUT2D eigenvalue weighted by Gasteiger charge is -2.16. The molecule has 0 saturated carbocycles. The molecule has 0 saturated heterocycles. The van der Waals surface area contributed by atoms with Crippen molar-refractivity contribution in [1.82, 2.24) is 9.97 Å². The fraction of sp³-hybridized carbons (Fsp3) is 0.150. The Kier molecular flexibility index (Phi) is 7.92. The molecule has 1 N–H and O–H groups in total. The van der Waals surface area contributed by atoms with E-state index in [1.54, 1.807) is 24.3 Å². The molecule has 0 fully saturated rings. The molecule has 1 heterocycles. The van der Waals surface area contributed by atoms with E-state index in [4.69, 9.17) is 11.6 Å². The highest BCUT2D eigenvalue weighted by atomic mass is 35.5. The standard InChI is InChI=1S/C17H18BCl.C3H4N2/c1-2-15-9-6-7-12-17(15)18(13-8-14-19)16-10-4-3-5-11-16;1-2-5-3-4-1/h3-12,14H,2,13H2,1H3;1-3H,(H,4,5). The predicted molar refractivity (Wildman–Crippen MR) is 106 cm³/mol. The van der Waals surface area contributed by atoms with Crippen LogP contribution >= 0.6 is 11.6 Å². The molecule has 3 rings (SSSR count). The molecule has 122 valence electrons. The van der Waals surface area contributed by atoms with E-state index in [1.165, 1.54) is 16.5 Å². The predicted octanol–water partition coefficient (Wildman–Crippen LogP) is 4.02. The highest BCUT2D eigenvalue weighted by Crippen LogP contribution is 2.05. The van der Waals surface area contributed by atoms with E-state index < -0.39 is 0 Å². The zero-order valence-corrected chi connectivity index (χ0v) is 14.7. The summed E-state index contributed by atoms with van der Waals surface area (Å²) in [6, 6.07) is 19.3. The fourth-order valence-electron chi connectivity index (χ4n) is 2.73. The van der Waals surface area contributed by atoms with E-state index >= 15 is 0 Å². The lowest BCUT2D eigenvalue weighted by atomic mass is 9.38. The molecule has 4 heteroatoms. The number of rotatable bonds is 5. The summed E-state index contributed by atoms with van der Waals surface area (Å²) in [6.45, 7) is 2.59. The molecule has 0 amide bonds. The van der Waals surface area contributed by atoms with Crippen molar-refractivity contribution < 1.29 is 0 Å². The van der Waals surface area contributed by atoms with Crippen molar-refractivity contribution in [2.45, 2.75) is 19.7 Å². The van der Waals surface area contributed by atoms with Crippen molar-refractivity contribution in [2.24, 2.45) is 0 Å². The van der Waals surface area contributed by atoms with E-state index in [-0.39, 0.29) is 0 Å². The molecule has 0 aliphatic heterocycles. The third-order valence-corrected chi connectivity index (χ3v) is 4.06. The van der Waals surface area contributed by atoms with Crippen LogP contribution in [0.1, 0.15) is 12.5 Å². The summed E-state index contributed by atoms with van der Waals surface area (Å²) in [6.07, 6.45) is 9.11. The maximum Gasteiger partial charge on any atom is 0.213 e. The number of hydrogen-bond acceptors (Lipinski definition) is 1. The number of nitrogens with zero attached hydrogens (tertiary/aromatic N) is 1. The van der Waals surface area contributed by atoms with Gasteiger partial charge in [-0.3, -0.25) is 0 Å². The summed E-state index contributed by atoms with van der Waals surface area (Å²) in [5, 5.41) is 0. The van der Waals surface area contributed by atoms with Gasteiger partial charge in [0.15, 0.2) is 0 Å². The molecular weight excluding hydrogens is 314 g/mol. The molecular formula is C20H22BClN2. The van der Waals surface area contributed by atoms with E-state index in [0.29, 0.717) is 6.71 Å². The average Bonchev–Trinajstić information content (AvgIpc) is 3.23. The van der Waals surface area contributed by atoms with Crippen LogP contribution in [0.4, 0.5) is 0 Å². The van der Waals surface area contributed by atoms with Gasteiger partial charge in [0, 0.05) is 12.4 Å². The number of allylic oxidation sites excluding steroid dienone is 1.